The smallest absolute Gasteiger partial charge is 0.254 e. The number of thiophene rings is 1. The molecule has 0 spiro atoms. The number of hydrogen-bond donors (Lipinski definition) is 1. The normalized spacial score (nSPS) is 19.9. The molecule has 2 rings (SSSR count). The topological polar surface area (TPSA) is 32.3 Å². The number of piperidine rings is 1. The van der Waals surface area contributed by atoms with Crippen LogP contribution in [-0.4, -0.2) is 37.0 Å². The summed E-state index contributed by atoms with van der Waals surface area (Å²) in [6.07, 6.45) is 2.27. The first-order valence-electron chi connectivity index (χ1n) is 5.29. The molecule has 1 aliphatic rings. The summed E-state index contributed by atoms with van der Waals surface area (Å²) in [5, 5.41) is 7.18. The van der Waals surface area contributed by atoms with Gasteiger partial charge in [0.15, 0.2) is 0 Å². The van der Waals surface area contributed by atoms with E-state index in [1.54, 1.807) is 11.3 Å². The number of nitrogens with zero attached hydrogens (tertiary/aromatic N) is 1. The second-order valence-corrected chi connectivity index (χ2v) is 4.71. The van der Waals surface area contributed by atoms with E-state index in [4.69, 9.17) is 0 Å². The van der Waals surface area contributed by atoms with Crippen LogP contribution in [0, 0.1) is 0 Å². The Morgan fingerprint density at radius 2 is 2.44 bits per heavy atom. The standard InChI is InChI=1S/C11H16N2OS.ClH/c1-13(10-3-2-5-12-7-10)11(14)9-4-6-15-8-9;/h4,6,8,10,12H,2-3,5,7H2,1H3;1H/t10-;/m1./s1. The maximum absolute atomic E-state index is 12.0. The molecule has 0 radical (unpaired) electrons. The molecule has 0 aromatic carbocycles. The fourth-order valence-electron chi connectivity index (χ4n) is 1.92. The summed E-state index contributed by atoms with van der Waals surface area (Å²) in [7, 11) is 1.90. The van der Waals surface area contributed by atoms with Crippen LogP contribution in [0.1, 0.15) is 23.2 Å². The van der Waals surface area contributed by atoms with Gasteiger partial charge in [-0.2, -0.15) is 11.3 Å². The van der Waals surface area contributed by atoms with Crippen LogP contribution in [0.4, 0.5) is 0 Å². The zero-order valence-electron chi connectivity index (χ0n) is 9.31. The molecule has 1 aromatic rings. The van der Waals surface area contributed by atoms with Gasteiger partial charge in [0.05, 0.1) is 5.56 Å². The summed E-state index contributed by atoms with van der Waals surface area (Å²) in [5.74, 6) is 0.143. The fourth-order valence-corrected chi connectivity index (χ4v) is 2.55. The lowest BCUT2D eigenvalue weighted by Gasteiger charge is -2.31. The second kappa shape index (κ2) is 6.23. The Hall–Kier alpha value is -0.580. The van der Waals surface area contributed by atoms with Crippen LogP contribution in [0.5, 0.6) is 0 Å². The number of nitrogens with one attached hydrogen (secondary N) is 1. The molecular weight excluding hydrogens is 244 g/mol. The maximum Gasteiger partial charge on any atom is 0.254 e. The Morgan fingerprint density at radius 1 is 1.62 bits per heavy atom. The summed E-state index contributed by atoms with van der Waals surface area (Å²) in [5.41, 5.74) is 0.813. The van der Waals surface area contributed by atoms with Gasteiger partial charge in [0.2, 0.25) is 0 Å². The quantitative estimate of drug-likeness (QED) is 0.882. The third kappa shape index (κ3) is 2.97. The Labute approximate surface area is 106 Å². The molecule has 3 nitrogen and oxygen atoms in total. The van der Waals surface area contributed by atoms with E-state index in [0.29, 0.717) is 6.04 Å². The zero-order valence-corrected chi connectivity index (χ0v) is 10.9. The third-order valence-electron chi connectivity index (χ3n) is 2.91. The number of hydrogen-bond acceptors (Lipinski definition) is 3. The number of carbonyl (C=O) groups is 1. The molecule has 0 bridgehead atoms. The Kier molecular flexibility index (Phi) is 5.25. The van der Waals surface area contributed by atoms with Crippen LogP contribution < -0.4 is 5.32 Å². The second-order valence-electron chi connectivity index (χ2n) is 3.93. The fraction of sp³-hybridized carbons (Fsp3) is 0.545. The molecule has 1 saturated heterocycles. The van der Waals surface area contributed by atoms with Crippen molar-refractivity contribution in [3.8, 4) is 0 Å². The van der Waals surface area contributed by atoms with Gasteiger partial charge in [-0.15, -0.1) is 12.4 Å². The van der Waals surface area contributed by atoms with Crippen molar-refractivity contribution in [3.05, 3.63) is 22.4 Å². The van der Waals surface area contributed by atoms with Crippen molar-refractivity contribution in [2.45, 2.75) is 18.9 Å². The summed E-state index contributed by atoms with van der Waals surface area (Å²) in [4.78, 5) is 13.9. The molecule has 1 fully saturated rings. The lowest BCUT2D eigenvalue weighted by atomic mass is 10.1. The van der Waals surface area contributed by atoms with E-state index in [2.05, 4.69) is 5.32 Å². The molecule has 5 heteroatoms. The number of rotatable bonds is 2. The summed E-state index contributed by atoms with van der Waals surface area (Å²) in [6, 6.07) is 2.24. The van der Waals surface area contributed by atoms with E-state index in [9.17, 15) is 4.79 Å². The van der Waals surface area contributed by atoms with Crippen LogP contribution in [0.25, 0.3) is 0 Å². The average Bonchev–Trinajstić information content (AvgIpc) is 2.82. The van der Waals surface area contributed by atoms with Crippen LogP contribution >= 0.6 is 23.7 Å². The van der Waals surface area contributed by atoms with E-state index in [-0.39, 0.29) is 18.3 Å². The van der Waals surface area contributed by atoms with E-state index in [1.807, 2.05) is 28.8 Å². The van der Waals surface area contributed by atoms with E-state index >= 15 is 0 Å². The van der Waals surface area contributed by atoms with Crippen LogP contribution in [-0.2, 0) is 0 Å². The summed E-state index contributed by atoms with van der Waals surface area (Å²) >= 11 is 1.57. The van der Waals surface area contributed by atoms with Crippen LogP contribution in [0.15, 0.2) is 16.8 Å². The van der Waals surface area contributed by atoms with Gasteiger partial charge in [-0.25, -0.2) is 0 Å². The van der Waals surface area contributed by atoms with Crippen molar-refractivity contribution in [1.29, 1.82) is 0 Å². The zero-order chi connectivity index (χ0) is 10.7. The van der Waals surface area contributed by atoms with Crippen molar-refractivity contribution in [2.24, 2.45) is 0 Å². The first-order valence-corrected chi connectivity index (χ1v) is 6.23. The molecular formula is C11H17ClN2OS. The molecule has 1 aliphatic heterocycles. The molecule has 2 heterocycles. The van der Waals surface area contributed by atoms with Gasteiger partial charge >= 0.3 is 0 Å². The molecule has 1 aromatic heterocycles. The number of carbonyl (C=O) groups excluding carboxylic acids is 1. The van der Waals surface area contributed by atoms with Crippen molar-refractivity contribution in [2.75, 3.05) is 20.1 Å². The van der Waals surface area contributed by atoms with E-state index in [1.165, 1.54) is 0 Å². The van der Waals surface area contributed by atoms with Gasteiger partial charge < -0.3 is 10.2 Å². The first kappa shape index (κ1) is 13.5. The number of halogens is 1. The first-order chi connectivity index (χ1) is 7.29. The lowest BCUT2D eigenvalue weighted by molar-refractivity contribution is 0.0709. The van der Waals surface area contributed by atoms with Gasteiger partial charge in [0.1, 0.15) is 0 Å². The van der Waals surface area contributed by atoms with Crippen LogP contribution in [0.2, 0.25) is 0 Å². The molecule has 90 valence electrons. The Balaban J connectivity index is 0.00000128. The molecule has 1 amide bonds. The van der Waals surface area contributed by atoms with Crippen molar-refractivity contribution < 1.29 is 4.79 Å². The van der Waals surface area contributed by atoms with Gasteiger partial charge in [0.25, 0.3) is 5.91 Å². The minimum Gasteiger partial charge on any atom is -0.337 e. The molecule has 1 N–H and O–H groups in total. The number of amides is 1. The average molecular weight is 261 g/mol. The summed E-state index contributed by atoms with van der Waals surface area (Å²) < 4.78 is 0. The van der Waals surface area contributed by atoms with Crippen molar-refractivity contribution in [1.82, 2.24) is 10.2 Å². The van der Waals surface area contributed by atoms with E-state index in [0.717, 1.165) is 31.5 Å². The highest BCUT2D eigenvalue weighted by atomic mass is 35.5. The monoisotopic (exact) mass is 260 g/mol. The molecule has 1 atom stereocenters. The lowest BCUT2D eigenvalue weighted by Crippen LogP contribution is -2.46. The Morgan fingerprint density at radius 3 is 3.00 bits per heavy atom. The largest absolute Gasteiger partial charge is 0.337 e. The van der Waals surface area contributed by atoms with Crippen LogP contribution in [0.3, 0.4) is 0 Å². The Bertz CT molecular complexity index is 323. The maximum atomic E-state index is 12.0. The predicted octanol–water partition coefficient (Wildman–Crippen LogP) is 1.99. The highest BCUT2D eigenvalue weighted by molar-refractivity contribution is 7.08. The minimum absolute atomic E-state index is 0. The van der Waals surface area contributed by atoms with Gasteiger partial charge in [-0.3, -0.25) is 4.79 Å². The van der Waals surface area contributed by atoms with Crippen molar-refractivity contribution in [3.63, 3.8) is 0 Å². The SMILES string of the molecule is CN(C(=O)c1ccsc1)[C@@H]1CCCNC1.Cl. The predicted molar refractivity (Wildman–Crippen MR) is 69.6 cm³/mol. The van der Waals surface area contributed by atoms with E-state index < -0.39 is 0 Å². The summed E-state index contributed by atoms with van der Waals surface area (Å²) in [6.45, 7) is 2.00. The van der Waals surface area contributed by atoms with Gasteiger partial charge in [-0.05, 0) is 30.8 Å². The molecule has 0 aliphatic carbocycles. The van der Waals surface area contributed by atoms with Gasteiger partial charge in [-0.1, -0.05) is 0 Å². The highest BCUT2D eigenvalue weighted by Crippen LogP contribution is 2.14. The molecule has 0 unspecified atom stereocenters. The molecule has 16 heavy (non-hydrogen) atoms. The molecule has 0 saturated carbocycles. The highest BCUT2D eigenvalue weighted by Gasteiger charge is 2.22. The van der Waals surface area contributed by atoms with Crippen molar-refractivity contribution >= 4 is 29.7 Å². The minimum atomic E-state index is 0. The third-order valence-corrected chi connectivity index (χ3v) is 3.59. The number of likely N-dealkylation sites (N-methyl/N-ethyl adjacent to an activating group) is 1. The van der Waals surface area contributed by atoms with Gasteiger partial charge in [0, 0.05) is 25.0 Å².